The number of hydrogen-bond acceptors (Lipinski definition) is 4. The molecule has 2 rings (SSSR count). The summed E-state index contributed by atoms with van der Waals surface area (Å²) in [5, 5.41) is 8.72. The zero-order chi connectivity index (χ0) is 12.6. The van der Waals surface area contributed by atoms with E-state index in [0.717, 1.165) is 25.3 Å². The molecule has 0 radical (unpaired) electrons. The Kier molecular flexibility index (Phi) is 2.96. The van der Waals surface area contributed by atoms with Crippen LogP contribution in [-0.2, 0) is 10.0 Å². The molecule has 1 aromatic heterocycles. The third-order valence-electron chi connectivity index (χ3n) is 2.80. The number of sulfonamides is 1. The van der Waals surface area contributed by atoms with Crippen molar-refractivity contribution in [2.24, 2.45) is 0 Å². The summed E-state index contributed by atoms with van der Waals surface area (Å²) in [5.74, 6) is -1.55. The second kappa shape index (κ2) is 4.15. The summed E-state index contributed by atoms with van der Waals surface area (Å²) >= 11 is 0. The molecule has 1 aliphatic carbocycles. The Hall–Kier alpha value is -1.34. The van der Waals surface area contributed by atoms with Gasteiger partial charge in [0.15, 0.2) is 0 Å². The van der Waals surface area contributed by atoms with Crippen molar-refractivity contribution in [1.82, 2.24) is 4.72 Å². The highest BCUT2D eigenvalue weighted by Gasteiger charge is 2.28. The molecule has 0 bridgehead atoms. The molecule has 2 N–H and O–H groups in total. The lowest BCUT2D eigenvalue weighted by Crippen LogP contribution is -2.39. The van der Waals surface area contributed by atoms with Crippen LogP contribution in [0.25, 0.3) is 0 Å². The molecule has 0 spiro atoms. The van der Waals surface area contributed by atoms with Crippen LogP contribution in [-0.4, -0.2) is 25.5 Å². The van der Waals surface area contributed by atoms with E-state index in [9.17, 15) is 13.2 Å². The van der Waals surface area contributed by atoms with Crippen molar-refractivity contribution < 1.29 is 22.7 Å². The number of aryl methyl sites for hydroxylation is 1. The smallest absolute Gasteiger partial charge is 0.371 e. The van der Waals surface area contributed by atoms with E-state index in [1.165, 1.54) is 6.92 Å². The maximum atomic E-state index is 11.9. The van der Waals surface area contributed by atoms with Crippen molar-refractivity contribution in [3.05, 3.63) is 17.6 Å². The van der Waals surface area contributed by atoms with Gasteiger partial charge in [-0.2, -0.15) is 0 Å². The number of furan rings is 1. The third kappa shape index (κ3) is 2.34. The van der Waals surface area contributed by atoms with E-state index in [-0.39, 0.29) is 22.5 Å². The van der Waals surface area contributed by atoms with E-state index in [1.54, 1.807) is 0 Å². The zero-order valence-electron chi connectivity index (χ0n) is 9.26. The highest BCUT2D eigenvalue weighted by molar-refractivity contribution is 7.89. The summed E-state index contributed by atoms with van der Waals surface area (Å²) in [4.78, 5) is 10.6. The normalized spacial score (nSPS) is 16.8. The predicted octanol–water partition coefficient (Wildman–Crippen LogP) is 1.12. The fraction of sp³-hybridized carbons (Fsp3) is 0.500. The Labute approximate surface area is 98.7 Å². The van der Waals surface area contributed by atoms with Gasteiger partial charge in [0.25, 0.3) is 0 Å². The van der Waals surface area contributed by atoms with Crippen molar-refractivity contribution in [3.63, 3.8) is 0 Å². The molecule has 1 heterocycles. The van der Waals surface area contributed by atoms with Gasteiger partial charge in [-0.15, -0.1) is 0 Å². The molecule has 0 amide bonds. The molecular formula is C10H13NO5S. The molecule has 0 aromatic carbocycles. The minimum Gasteiger partial charge on any atom is -0.475 e. The summed E-state index contributed by atoms with van der Waals surface area (Å²) in [6.45, 7) is 1.43. The summed E-state index contributed by atoms with van der Waals surface area (Å²) in [6, 6.07) is 1.00. The first-order valence-electron chi connectivity index (χ1n) is 5.26. The molecule has 94 valence electrons. The first-order valence-corrected chi connectivity index (χ1v) is 6.74. The summed E-state index contributed by atoms with van der Waals surface area (Å²) < 4.78 is 31.3. The van der Waals surface area contributed by atoms with Crippen molar-refractivity contribution in [2.75, 3.05) is 0 Å². The van der Waals surface area contributed by atoms with Crippen molar-refractivity contribution >= 4 is 16.0 Å². The third-order valence-corrected chi connectivity index (χ3v) is 4.43. The number of aromatic carboxylic acids is 1. The molecule has 1 aromatic rings. The first kappa shape index (κ1) is 12.1. The van der Waals surface area contributed by atoms with E-state index in [1.807, 2.05) is 0 Å². The number of carbonyl (C=O) groups is 1. The Morgan fingerprint density at radius 1 is 1.53 bits per heavy atom. The van der Waals surface area contributed by atoms with Gasteiger partial charge in [0, 0.05) is 12.1 Å². The SMILES string of the molecule is Cc1oc(C(=O)O)cc1S(=O)(=O)NC1CCC1. The second-order valence-corrected chi connectivity index (χ2v) is 5.77. The summed E-state index contributed by atoms with van der Waals surface area (Å²) in [7, 11) is -3.67. The Morgan fingerprint density at radius 3 is 2.59 bits per heavy atom. The zero-order valence-corrected chi connectivity index (χ0v) is 10.1. The molecule has 7 heteroatoms. The van der Waals surface area contributed by atoms with Crippen LogP contribution in [0.5, 0.6) is 0 Å². The van der Waals surface area contributed by atoms with E-state index in [0.29, 0.717) is 0 Å². The number of nitrogens with one attached hydrogen (secondary N) is 1. The van der Waals surface area contributed by atoms with E-state index < -0.39 is 16.0 Å². The quantitative estimate of drug-likeness (QED) is 0.844. The Balaban J connectivity index is 2.28. The fourth-order valence-electron chi connectivity index (χ4n) is 1.65. The van der Waals surface area contributed by atoms with Crippen molar-refractivity contribution in [2.45, 2.75) is 37.1 Å². The van der Waals surface area contributed by atoms with Crippen LogP contribution < -0.4 is 4.72 Å². The lowest BCUT2D eigenvalue weighted by Gasteiger charge is -2.25. The topological polar surface area (TPSA) is 96.6 Å². The highest BCUT2D eigenvalue weighted by atomic mass is 32.2. The molecule has 1 saturated carbocycles. The first-order chi connectivity index (χ1) is 7.90. The minimum absolute atomic E-state index is 0.0393. The van der Waals surface area contributed by atoms with Crippen LogP contribution in [0.1, 0.15) is 35.6 Å². The maximum absolute atomic E-state index is 11.9. The van der Waals surface area contributed by atoms with Gasteiger partial charge in [0.05, 0.1) is 0 Å². The molecule has 17 heavy (non-hydrogen) atoms. The molecule has 6 nitrogen and oxygen atoms in total. The number of carboxylic acid groups (broad SMARTS) is 1. The Bertz CT molecular complexity index is 541. The van der Waals surface area contributed by atoms with Gasteiger partial charge in [0.2, 0.25) is 15.8 Å². The van der Waals surface area contributed by atoms with Crippen LogP contribution in [0.15, 0.2) is 15.4 Å². The van der Waals surface area contributed by atoms with Gasteiger partial charge in [-0.25, -0.2) is 17.9 Å². The van der Waals surface area contributed by atoms with Gasteiger partial charge < -0.3 is 9.52 Å². The summed E-state index contributed by atoms with van der Waals surface area (Å²) in [6.07, 6.45) is 2.65. The van der Waals surface area contributed by atoms with Crippen LogP contribution >= 0.6 is 0 Å². The molecule has 0 saturated heterocycles. The summed E-state index contributed by atoms with van der Waals surface area (Å²) in [5.41, 5.74) is 0. The molecular weight excluding hydrogens is 246 g/mol. The number of hydrogen-bond donors (Lipinski definition) is 2. The van der Waals surface area contributed by atoms with Crippen LogP contribution in [0.2, 0.25) is 0 Å². The van der Waals surface area contributed by atoms with Gasteiger partial charge in [0.1, 0.15) is 10.7 Å². The fourth-order valence-corrected chi connectivity index (χ4v) is 3.13. The molecule has 0 unspecified atom stereocenters. The molecule has 0 atom stereocenters. The monoisotopic (exact) mass is 259 g/mol. The Morgan fingerprint density at radius 2 is 2.18 bits per heavy atom. The van der Waals surface area contributed by atoms with Crippen LogP contribution in [0, 0.1) is 6.92 Å². The maximum Gasteiger partial charge on any atom is 0.371 e. The van der Waals surface area contributed by atoms with Gasteiger partial charge in [-0.05, 0) is 19.8 Å². The van der Waals surface area contributed by atoms with Gasteiger partial charge >= 0.3 is 5.97 Å². The van der Waals surface area contributed by atoms with E-state index >= 15 is 0 Å². The minimum atomic E-state index is -3.67. The van der Waals surface area contributed by atoms with Crippen LogP contribution in [0.3, 0.4) is 0 Å². The average Bonchev–Trinajstić information content (AvgIpc) is 2.55. The second-order valence-electron chi connectivity index (χ2n) is 4.09. The molecule has 1 aliphatic rings. The van der Waals surface area contributed by atoms with E-state index in [2.05, 4.69) is 4.72 Å². The lowest BCUT2D eigenvalue weighted by atomic mass is 9.94. The van der Waals surface area contributed by atoms with E-state index in [4.69, 9.17) is 9.52 Å². The van der Waals surface area contributed by atoms with Gasteiger partial charge in [-0.1, -0.05) is 6.42 Å². The van der Waals surface area contributed by atoms with Crippen molar-refractivity contribution in [3.8, 4) is 0 Å². The lowest BCUT2D eigenvalue weighted by molar-refractivity contribution is 0.0661. The van der Waals surface area contributed by atoms with Crippen molar-refractivity contribution in [1.29, 1.82) is 0 Å². The number of carboxylic acids is 1. The standard InChI is InChI=1S/C10H13NO5S/c1-6-9(5-8(16-6)10(12)13)17(14,15)11-7-3-2-4-7/h5,7,11H,2-4H2,1H3,(H,12,13). The number of rotatable bonds is 4. The molecule has 1 fully saturated rings. The largest absolute Gasteiger partial charge is 0.475 e. The van der Waals surface area contributed by atoms with Crippen LogP contribution in [0.4, 0.5) is 0 Å². The molecule has 0 aliphatic heterocycles. The highest BCUT2D eigenvalue weighted by Crippen LogP contribution is 2.24. The van der Waals surface area contributed by atoms with Gasteiger partial charge in [-0.3, -0.25) is 0 Å². The average molecular weight is 259 g/mol. The predicted molar refractivity (Wildman–Crippen MR) is 58.4 cm³/mol.